The molecule has 0 saturated carbocycles. The molecule has 0 aliphatic carbocycles. The highest BCUT2D eigenvalue weighted by atomic mass is 35.5. The molecule has 0 saturated heterocycles. The van der Waals surface area contributed by atoms with Gasteiger partial charge in [-0.2, -0.15) is 0 Å². The van der Waals surface area contributed by atoms with Crippen LogP contribution in [-0.4, -0.2) is 57.6 Å². The average molecular weight is 332 g/mol. The lowest BCUT2D eigenvalue weighted by Crippen LogP contribution is -2.32. The Balaban J connectivity index is 0.00000441. The fourth-order valence-corrected chi connectivity index (χ4v) is 1.67. The van der Waals surface area contributed by atoms with Crippen LogP contribution in [0.25, 0.3) is 0 Å². The molecule has 3 N–H and O–H groups in total. The van der Waals surface area contributed by atoms with E-state index in [0.717, 1.165) is 0 Å². The minimum absolute atomic E-state index is 0. The van der Waals surface area contributed by atoms with E-state index in [4.69, 9.17) is 15.2 Å². The first-order valence-electron chi connectivity index (χ1n) is 6.48. The Hall–Kier alpha value is -1.99. The van der Waals surface area contributed by atoms with Crippen LogP contribution in [0.2, 0.25) is 0 Å². The molecule has 0 fully saturated rings. The second kappa shape index (κ2) is 9.86. The number of ether oxygens (including phenoxy) is 2. The summed E-state index contributed by atoms with van der Waals surface area (Å²) in [6.45, 7) is 1.06. The lowest BCUT2D eigenvalue weighted by Gasteiger charge is -2.18. The van der Waals surface area contributed by atoms with Gasteiger partial charge in [0.15, 0.2) is 18.1 Å². The predicted octanol–water partition coefficient (Wildman–Crippen LogP) is 0.272. The number of hydrogen-bond acceptors (Lipinski definition) is 5. The Morgan fingerprint density at radius 1 is 1.32 bits per heavy atom. The summed E-state index contributed by atoms with van der Waals surface area (Å²) in [6.07, 6.45) is 0. The van der Waals surface area contributed by atoms with E-state index in [0.29, 0.717) is 30.2 Å². The molecule has 0 bridgehead atoms. The Kier molecular flexibility index (Phi) is 8.97. The highest BCUT2D eigenvalue weighted by molar-refractivity contribution is 5.94. The van der Waals surface area contributed by atoms with Crippen LogP contribution in [0.3, 0.4) is 0 Å². The van der Waals surface area contributed by atoms with Gasteiger partial charge in [-0.15, -0.1) is 12.4 Å². The van der Waals surface area contributed by atoms with Crippen LogP contribution in [0.1, 0.15) is 10.4 Å². The Bertz CT molecular complexity index is 511. The third kappa shape index (κ3) is 5.79. The number of nitrogens with zero attached hydrogens (tertiary/aromatic N) is 1. The summed E-state index contributed by atoms with van der Waals surface area (Å²) in [5, 5.41) is 2.98. The second-order valence-corrected chi connectivity index (χ2v) is 4.45. The van der Waals surface area contributed by atoms with E-state index in [1.165, 1.54) is 7.11 Å². The summed E-state index contributed by atoms with van der Waals surface area (Å²) >= 11 is 0. The van der Waals surface area contributed by atoms with Gasteiger partial charge in [0.25, 0.3) is 11.8 Å². The van der Waals surface area contributed by atoms with Crippen LogP contribution in [-0.2, 0) is 4.79 Å². The van der Waals surface area contributed by atoms with Gasteiger partial charge in [0.1, 0.15) is 0 Å². The van der Waals surface area contributed by atoms with Crippen molar-refractivity contribution in [1.82, 2.24) is 10.2 Å². The maximum absolute atomic E-state index is 12.2. The molecular weight excluding hydrogens is 310 g/mol. The zero-order valence-electron chi connectivity index (χ0n) is 12.9. The zero-order chi connectivity index (χ0) is 15.8. The maximum Gasteiger partial charge on any atom is 0.255 e. The van der Waals surface area contributed by atoms with E-state index in [-0.39, 0.29) is 24.9 Å². The molecule has 0 radical (unpaired) electrons. The van der Waals surface area contributed by atoms with Crippen LogP contribution in [0.15, 0.2) is 18.2 Å². The van der Waals surface area contributed by atoms with E-state index in [9.17, 15) is 9.59 Å². The van der Waals surface area contributed by atoms with Gasteiger partial charge in [-0.25, -0.2) is 0 Å². The lowest BCUT2D eigenvalue weighted by molar-refractivity contribution is -0.119. The number of nitrogens with one attached hydrogen (secondary N) is 1. The van der Waals surface area contributed by atoms with Crippen molar-refractivity contribution in [3.8, 4) is 11.5 Å². The Labute approximate surface area is 136 Å². The molecule has 0 unspecified atom stereocenters. The number of carbonyl (C=O) groups excluding carboxylic acids is 2. The van der Waals surface area contributed by atoms with Gasteiger partial charge in [-0.05, 0) is 25.2 Å². The number of nitrogens with two attached hydrogens (primary N) is 1. The van der Waals surface area contributed by atoms with Crippen LogP contribution in [0, 0.1) is 0 Å². The van der Waals surface area contributed by atoms with Crippen LogP contribution in [0.5, 0.6) is 11.5 Å². The number of methoxy groups -OCH3 is 1. The second-order valence-electron chi connectivity index (χ2n) is 4.45. The normalized spacial score (nSPS) is 9.59. The van der Waals surface area contributed by atoms with Crippen molar-refractivity contribution in [2.24, 2.45) is 5.73 Å². The minimum atomic E-state index is -0.580. The summed E-state index contributed by atoms with van der Waals surface area (Å²) < 4.78 is 10.4. The smallest absolute Gasteiger partial charge is 0.255 e. The van der Waals surface area contributed by atoms with Gasteiger partial charge in [0.05, 0.1) is 7.11 Å². The number of rotatable bonds is 8. The molecule has 8 heteroatoms. The summed E-state index contributed by atoms with van der Waals surface area (Å²) in [5.41, 5.74) is 5.51. The van der Waals surface area contributed by atoms with E-state index >= 15 is 0 Å². The van der Waals surface area contributed by atoms with Crippen molar-refractivity contribution < 1.29 is 19.1 Å². The van der Waals surface area contributed by atoms with Crippen molar-refractivity contribution in [2.45, 2.75) is 0 Å². The highest BCUT2D eigenvalue weighted by Gasteiger charge is 2.15. The largest absolute Gasteiger partial charge is 0.493 e. The van der Waals surface area contributed by atoms with E-state index in [2.05, 4.69) is 5.32 Å². The topological polar surface area (TPSA) is 93.9 Å². The van der Waals surface area contributed by atoms with Gasteiger partial charge >= 0.3 is 0 Å². The first kappa shape index (κ1) is 20.0. The molecule has 0 atom stereocenters. The number of hydrogen-bond donors (Lipinski definition) is 2. The quantitative estimate of drug-likeness (QED) is 0.713. The van der Waals surface area contributed by atoms with Crippen molar-refractivity contribution >= 4 is 24.2 Å². The molecule has 0 aromatic heterocycles. The monoisotopic (exact) mass is 331 g/mol. The van der Waals surface area contributed by atoms with Gasteiger partial charge in [-0.3, -0.25) is 9.59 Å². The van der Waals surface area contributed by atoms with Crippen LogP contribution in [0.4, 0.5) is 0 Å². The average Bonchev–Trinajstić information content (AvgIpc) is 2.49. The van der Waals surface area contributed by atoms with Gasteiger partial charge in [0.2, 0.25) is 0 Å². The Morgan fingerprint density at radius 2 is 2.00 bits per heavy atom. The van der Waals surface area contributed by atoms with Gasteiger partial charge in [0, 0.05) is 25.7 Å². The number of primary amides is 1. The molecule has 7 nitrogen and oxygen atoms in total. The van der Waals surface area contributed by atoms with Crippen molar-refractivity contribution in [3.05, 3.63) is 23.8 Å². The minimum Gasteiger partial charge on any atom is -0.493 e. The first-order valence-corrected chi connectivity index (χ1v) is 6.48. The molecule has 0 aliphatic heterocycles. The molecule has 0 aliphatic rings. The SMILES string of the molecule is CNCCN(C)C(=O)c1ccc(OCC(N)=O)c(OC)c1.Cl. The third-order valence-corrected chi connectivity index (χ3v) is 2.82. The molecule has 0 spiro atoms. The number of amides is 2. The van der Waals surface area contributed by atoms with Crippen LogP contribution >= 0.6 is 12.4 Å². The fraction of sp³-hybridized carbons (Fsp3) is 0.429. The lowest BCUT2D eigenvalue weighted by atomic mass is 10.1. The molecule has 1 aromatic rings. The zero-order valence-corrected chi connectivity index (χ0v) is 13.7. The number of carbonyl (C=O) groups is 2. The first-order chi connectivity index (χ1) is 9.99. The highest BCUT2D eigenvalue weighted by Crippen LogP contribution is 2.28. The summed E-state index contributed by atoms with van der Waals surface area (Å²) in [5.74, 6) is 0.0452. The molecule has 124 valence electrons. The molecular formula is C14H22ClN3O4. The number of likely N-dealkylation sites (N-methyl/N-ethyl adjacent to an activating group) is 2. The molecule has 1 aromatic carbocycles. The number of halogens is 1. The molecule has 0 heterocycles. The maximum atomic E-state index is 12.2. The summed E-state index contributed by atoms with van der Waals surface area (Å²) in [4.78, 5) is 24.6. The van der Waals surface area contributed by atoms with Crippen LogP contribution < -0.4 is 20.5 Å². The van der Waals surface area contributed by atoms with E-state index in [1.807, 2.05) is 7.05 Å². The van der Waals surface area contributed by atoms with Crippen molar-refractivity contribution in [1.29, 1.82) is 0 Å². The predicted molar refractivity (Wildman–Crippen MR) is 85.8 cm³/mol. The summed E-state index contributed by atoms with van der Waals surface area (Å²) in [6, 6.07) is 4.78. The van der Waals surface area contributed by atoms with Crippen molar-refractivity contribution in [2.75, 3.05) is 40.9 Å². The summed E-state index contributed by atoms with van der Waals surface area (Å²) in [7, 11) is 5.02. The van der Waals surface area contributed by atoms with Gasteiger partial charge < -0.3 is 25.4 Å². The Morgan fingerprint density at radius 3 is 2.55 bits per heavy atom. The fourth-order valence-electron chi connectivity index (χ4n) is 1.67. The standard InChI is InChI=1S/C14H21N3O4.ClH/c1-16-6-7-17(2)14(19)10-4-5-11(12(8-10)20-3)21-9-13(15)18;/h4-5,8,16H,6-7,9H2,1-3H3,(H2,15,18);1H. The van der Waals surface area contributed by atoms with Gasteiger partial charge in [-0.1, -0.05) is 0 Å². The third-order valence-electron chi connectivity index (χ3n) is 2.82. The number of benzene rings is 1. The van der Waals surface area contributed by atoms with E-state index in [1.54, 1.807) is 30.1 Å². The van der Waals surface area contributed by atoms with E-state index < -0.39 is 5.91 Å². The molecule has 2 amide bonds. The molecule has 22 heavy (non-hydrogen) atoms. The van der Waals surface area contributed by atoms with Crippen molar-refractivity contribution in [3.63, 3.8) is 0 Å². The molecule has 1 rings (SSSR count).